The van der Waals surface area contributed by atoms with Gasteiger partial charge in [0.25, 0.3) is 0 Å². The zero-order valence-electron chi connectivity index (χ0n) is 15.7. The van der Waals surface area contributed by atoms with E-state index in [1.807, 2.05) is 27.7 Å². The van der Waals surface area contributed by atoms with Crippen LogP contribution in [-0.2, 0) is 14.3 Å². The molecule has 1 atom stereocenters. The van der Waals surface area contributed by atoms with Crippen LogP contribution in [0.25, 0.3) is 0 Å². The van der Waals surface area contributed by atoms with Crippen LogP contribution in [-0.4, -0.2) is 34.4 Å². The second kappa shape index (κ2) is 10.1. The fourth-order valence-electron chi connectivity index (χ4n) is 1.84. The highest BCUT2D eigenvalue weighted by molar-refractivity contribution is 8.01. The number of thioether (sulfide) groups is 1. The van der Waals surface area contributed by atoms with E-state index in [1.165, 1.54) is 0 Å². The molecular weight excluding hydrogens is 314 g/mol. The summed E-state index contributed by atoms with van der Waals surface area (Å²) in [6, 6.07) is 0. The Labute approximate surface area is 145 Å². The highest BCUT2D eigenvalue weighted by Crippen LogP contribution is 2.28. The van der Waals surface area contributed by atoms with Crippen LogP contribution in [0.4, 0.5) is 4.79 Å². The molecule has 0 spiro atoms. The van der Waals surface area contributed by atoms with Crippen LogP contribution in [0.1, 0.15) is 74.1 Å². The fourth-order valence-corrected chi connectivity index (χ4v) is 2.99. The molecule has 0 saturated carbocycles. The molecule has 0 saturated heterocycles. The van der Waals surface area contributed by atoms with Crippen molar-refractivity contribution in [2.45, 2.75) is 89.9 Å². The second-order valence-electron chi connectivity index (χ2n) is 7.53. The highest BCUT2D eigenvalue weighted by Gasteiger charge is 2.18. The number of hydrogen-bond acceptors (Lipinski definition) is 5. The lowest BCUT2D eigenvalue weighted by Gasteiger charge is -2.22. The molecule has 0 aromatic carbocycles. The van der Waals surface area contributed by atoms with Crippen molar-refractivity contribution in [3.05, 3.63) is 0 Å². The molecule has 0 aromatic heterocycles. The molecule has 1 unspecified atom stereocenters. The second-order valence-corrected chi connectivity index (χ2v) is 9.65. The minimum absolute atomic E-state index is 0.0764. The number of rotatable bonds is 8. The van der Waals surface area contributed by atoms with E-state index in [9.17, 15) is 9.59 Å². The summed E-state index contributed by atoms with van der Waals surface area (Å²) in [5.41, 5.74) is -0.605. The van der Waals surface area contributed by atoms with Crippen molar-refractivity contribution in [3.8, 4) is 0 Å². The molecule has 0 aliphatic carbocycles. The first-order valence-corrected chi connectivity index (χ1v) is 9.11. The van der Waals surface area contributed by atoms with E-state index in [2.05, 4.69) is 26.1 Å². The molecule has 0 rings (SSSR count). The third kappa shape index (κ3) is 15.8. The van der Waals surface area contributed by atoms with Gasteiger partial charge in [-0.15, -0.1) is 11.8 Å². The quantitative estimate of drug-likeness (QED) is 0.398. The van der Waals surface area contributed by atoms with Gasteiger partial charge in [-0.2, -0.15) is 0 Å². The Morgan fingerprint density at radius 2 is 1.65 bits per heavy atom. The zero-order valence-corrected chi connectivity index (χ0v) is 16.5. The van der Waals surface area contributed by atoms with Gasteiger partial charge in [0.2, 0.25) is 0 Å². The molecule has 0 heterocycles. The van der Waals surface area contributed by atoms with Crippen LogP contribution >= 0.6 is 11.8 Å². The number of hydrogen-bond donors (Lipinski definition) is 1. The Morgan fingerprint density at radius 1 is 1.04 bits per heavy atom. The Bertz CT molecular complexity index is 372. The Morgan fingerprint density at radius 3 is 2.17 bits per heavy atom. The smallest absolute Gasteiger partial charge is 0.407 e. The molecule has 0 aromatic rings. The third-order valence-electron chi connectivity index (χ3n) is 2.54. The zero-order chi connectivity index (χ0) is 18.1. The van der Waals surface area contributed by atoms with E-state index in [-0.39, 0.29) is 16.2 Å². The van der Waals surface area contributed by atoms with Crippen molar-refractivity contribution in [1.82, 2.24) is 5.32 Å². The molecule has 1 amide bonds. The number of amides is 1. The molecule has 0 aliphatic rings. The van der Waals surface area contributed by atoms with Crippen molar-refractivity contribution < 1.29 is 19.1 Å². The SMILES string of the molecule is CC(OC(=O)CCCCCNC(=O)OC(C)(C)C)SC(C)(C)C. The lowest BCUT2D eigenvalue weighted by molar-refractivity contribution is -0.144. The lowest BCUT2D eigenvalue weighted by atomic mass is 10.2. The average molecular weight is 348 g/mol. The predicted octanol–water partition coefficient (Wildman–Crippen LogP) is 4.49. The molecule has 23 heavy (non-hydrogen) atoms. The van der Waals surface area contributed by atoms with Gasteiger partial charge in [0.1, 0.15) is 11.0 Å². The summed E-state index contributed by atoms with van der Waals surface area (Å²) in [6.45, 7) is 14.2. The van der Waals surface area contributed by atoms with Crippen molar-refractivity contribution >= 4 is 23.8 Å². The van der Waals surface area contributed by atoms with E-state index in [1.54, 1.807) is 11.8 Å². The van der Waals surface area contributed by atoms with Crippen molar-refractivity contribution in [2.24, 2.45) is 0 Å². The lowest BCUT2D eigenvalue weighted by Crippen LogP contribution is -2.33. The maximum absolute atomic E-state index is 11.7. The number of unbranched alkanes of at least 4 members (excludes halogenated alkanes) is 2. The van der Waals surface area contributed by atoms with Crippen molar-refractivity contribution in [2.75, 3.05) is 6.54 Å². The molecule has 0 bridgehead atoms. The van der Waals surface area contributed by atoms with Gasteiger partial charge < -0.3 is 14.8 Å². The average Bonchev–Trinajstić information content (AvgIpc) is 2.28. The van der Waals surface area contributed by atoms with Crippen LogP contribution in [0.2, 0.25) is 0 Å². The summed E-state index contributed by atoms with van der Waals surface area (Å²) in [6.07, 6.45) is 2.47. The van der Waals surface area contributed by atoms with Gasteiger partial charge in [0.05, 0.1) is 0 Å². The molecule has 0 aliphatic heterocycles. The summed E-state index contributed by atoms with van der Waals surface area (Å²) in [5.74, 6) is -0.158. The number of ether oxygens (including phenoxy) is 2. The van der Waals surface area contributed by atoms with Crippen LogP contribution < -0.4 is 5.32 Å². The topological polar surface area (TPSA) is 64.6 Å². The summed E-state index contributed by atoms with van der Waals surface area (Å²) >= 11 is 1.64. The molecular formula is C17H33NO4S. The van der Waals surface area contributed by atoms with E-state index in [4.69, 9.17) is 9.47 Å². The highest BCUT2D eigenvalue weighted by atomic mass is 32.2. The summed E-state index contributed by atoms with van der Waals surface area (Å²) in [5, 5.41) is 2.70. The maximum Gasteiger partial charge on any atom is 0.407 e. The first-order chi connectivity index (χ1) is 10.4. The van der Waals surface area contributed by atoms with Crippen LogP contribution in [0, 0.1) is 0 Å². The van der Waals surface area contributed by atoms with Gasteiger partial charge in [0.15, 0.2) is 0 Å². The van der Waals surface area contributed by atoms with Gasteiger partial charge in [0, 0.05) is 17.7 Å². The van der Waals surface area contributed by atoms with Crippen LogP contribution in [0.15, 0.2) is 0 Å². The molecule has 136 valence electrons. The van der Waals surface area contributed by atoms with Gasteiger partial charge >= 0.3 is 12.1 Å². The maximum atomic E-state index is 11.7. The standard InChI is InChI=1S/C17H33NO4S/c1-13(23-17(5,6)7)21-14(19)11-9-8-10-12-18-15(20)22-16(2,3)4/h13H,8-12H2,1-7H3,(H,18,20). The number of carbonyl (C=O) groups excluding carboxylic acids is 2. The van der Waals surface area contributed by atoms with Gasteiger partial charge in [-0.25, -0.2) is 4.79 Å². The predicted molar refractivity (Wildman–Crippen MR) is 95.6 cm³/mol. The molecule has 6 heteroatoms. The number of esters is 1. The van der Waals surface area contributed by atoms with Gasteiger partial charge in [-0.05, 0) is 40.5 Å². The molecule has 5 nitrogen and oxygen atoms in total. The van der Waals surface area contributed by atoms with Crippen LogP contribution in [0.5, 0.6) is 0 Å². The van der Waals surface area contributed by atoms with E-state index >= 15 is 0 Å². The minimum Gasteiger partial charge on any atom is -0.452 e. The van der Waals surface area contributed by atoms with Crippen LogP contribution in [0.3, 0.4) is 0 Å². The minimum atomic E-state index is -0.477. The van der Waals surface area contributed by atoms with E-state index in [0.29, 0.717) is 13.0 Å². The summed E-state index contributed by atoms with van der Waals surface area (Å²) in [7, 11) is 0. The fraction of sp³-hybridized carbons (Fsp3) is 0.882. The van der Waals surface area contributed by atoms with Gasteiger partial charge in [-0.3, -0.25) is 4.79 Å². The van der Waals surface area contributed by atoms with E-state index < -0.39 is 11.7 Å². The molecule has 0 radical (unpaired) electrons. The number of nitrogens with one attached hydrogen (secondary N) is 1. The van der Waals surface area contributed by atoms with E-state index in [0.717, 1.165) is 19.3 Å². The largest absolute Gasteiger partial charge is 0.452 e. The summed E-state index contributed by atoms with van der Waals surface area (Å²) < 4.78 is 10.6. The first-order valence-electron chi connectivity index (χ1n) is 8.23. The molecule has 1 N–H and O–H groups in total. The Kier molecular flexibility index (Phi) is 9.66. The Balaban J connectivity index is 3.65. The number of alkyl carbamates (subject to hydrolysis) is 1. The first kappa shape index (κ1) is 22.1. The normalized spacial score (nSPS) is 13.3. The van der Waals surface area contributed by atoms with Gasteiger partial charge in [-0.1, -0.05) is 27.2 Å². The molecule has 0 fully saturated rings. The summed E-state index contributed by atoms with van der Waals surface area (Å²) in [4.78, 5) is 23.1. The third-order valence-corrected chi connectivity index (χ3v) is 3.68. The van der Waals surface area contributed by atoms with Crippen molar-refractivity contribution in [3.63, 3.8) is 0 Å². The monoisotopic (exact) mass is 347 g/mol. The number of carbonyl (C=O) groups is 2. The Hall–Kier alpha value is -0.910. The van der Waals surface area contributed by atoms with Crippen molar-refractivity contribution in [1.29, 1.82) is 0 Å².